The first-order valence-electron chi connectivity index (χ1n) is 10.7. The maximum atomic E-state index is 14.7. The highest BCUT2D eigenvalue weighted by atomic mass is 19.2. The van der Waals surface area contributed by atoms with Crippen LogP contribution in [0, 0.1) is 40.9 Å². The first kappa shape index (κ1) is 23.3. The summed E-state index contributed by atoms with van der Waals surface area (Å²) in [5, 5.41) is 0.882. The summed E-state index contributed by atoms with van der Waals surface area (Å²) in [6.45, 7) is 1.91. The molecule has 4 rings (SSSR count). The van der Waals surface area contributed by atoms with Gasteiger partial charge in [-0.1, -0.05) is 42.2 Å². The lowest BCUT2D eigenvalue weighted by Crippen LogP contribution is -1.95. The summed E-state index contributed by atoms with van der Waals surface area (Å²) in [5.41, 5.74) is 0.872. The Hall–Kier alpha value is -3.91. The minimum absolute atomic E-state index is 0.0706. The molecule has 4 aromatic rings. The Labute approximate surface area is 194 Å². The van der Waals surface area contributed by atoms with Crippen LogP contribution in [0.3, 0.4) is 0 Å². The summed E-state index contributed by atoms with van der Waals surface area (Å²) in [6, 6.07) is 13.4. The summed E-state index contributed by atoms with van der Waals surface area (Å²) >= 11 is 0. The van der Waals surface area contributed by atoms with E-state index in [1.54, 1.807) is 18.2 Å². The standard InChI is InChI=1S/C29H19F5/c1-2-3-4-5-18-7-10-23(25(30)13-18)22-16-26(31)24(27(32)17-22)11-8-19-6-9-20-14-28(33)29(34)15-21(20)12-19/h2-3,6-7,9-10,12-17H,4-5H2,1H3/b3-2+. The predicted octanol–water partition coefficient (Wildman–Crippen LogP) is 8.11. The number of rotatable bonds is 4. The average Bonchev–Trinajstić information content (AvgIpc) is 2.79. The fourth-order valence-corrected chi connectivity index (χ4v) is 3.67. The molecule has 0 aliphatic rings. The molecule has 170 valence electrons. The Balaban J connectivity index is 1.63. The highest BCUT2D eigenvalue weighted by Crippen LogP contribution is 2.28. The lowest BCUT2D eigenvalue weighted by Gasteiger charge is -2.08. The maximum Gasteiger partial charge on any atom is 0.159 e. The quantitative estimate of drug-likeness (QED) is 0.163. The van der Waals surface area contributed by atoms with Crippen molar-refractivity contribution in [1.29, 1.82) is 0 Å². The molecule has 0 aliphatic carbocycles. The van der Waals surface area contributed by atoms with Gasteiger partial charge < -0.3 is 0 Å². The van der Waals surface area contributed by atoms with Gasteiger partial charge in [-0.25, -0.2) is 22.0 Å². The fourth-order valence-electron chi connectivity index (χ4n) is 3.67. The van der Waals surface area contributed by atoms with Gasteiger partial charge >= 0.3 is 0 Å². The third-order valence-electron chi connectivity index (χ3n) is 5.43. The van der Waals surface area contributed by atoms with Crippen molar-refractivity contribution in [1.82, 2.24) is 0 Å². The Bertz CT molecular complexity index is 1450. The second-order valence-electron chi connectivity index (χ2n) is 7.82. The maximum absolute atomic E-state index is 14.7. The molecule has 0 saturated heterocycles. The normalized spacial score (nSPS) is 11.1. The Morgan fingerprint density at radius 3 is 2.06 bits per heavy atom. The molecule has 34 heavy (non-hydrogen) atoms. The van der Waals surface area contributed by atoms with Crippen molar-refractivity contribution in [3.63, 3.8) is 0 Å². The second kappa shape index (κ2) is 9.93. The molecule has 0 heterocycles. The lowest BCUT2D eigenvalue weighted by molar-refractivity contribution is 0.511. The zero-order chi connectivity index (χ0) is 24.2. The summed E-state index contributed by atoms with van der Waals surface area (Å²) in [4.78, 5) is 0. The van der Waals surface area contributed by atoms with Gasteiger partial charge in [0, 0.05) is 11.1 Å². The topological polar surface area (TPSA) is 0 Å². The van der Waals surface area contributed by atoms with E-state index in [2.05, 4.69) is 11.8 Å². The van der Waals surface area contributed by atoms with Crippen LogP contribution in [-0.2, 0) is 6.42 Å². The molecule has 0 aromatic heterocycles. The second-order valence-corrected chi connectivity index (χ2v) is 7.82. The van der Waals surface area contributed by atoms with Crippen LogP contribution < -0.4 is 0 Å². The molecular formula is C29H19F5. The number of benzene rings is 4. The smallest absolute Gasteiger partial charge is 0.159 e. The molecule has 0 radical (unpaired) electrons. The molecular weight excluding hydrogens is 443 g/mol. The van der Waals surface area contributed by atoms with Crippen molar-refractivity contribution in [3.05, 3.63) is 119 Å². The van der Waals surface area contributed by atoms with Crippen molar-refractivity contribution in [2.24, 2.45) is 0 Å². The molecule has 4 aromatic carbocycles. The third kappa shape index (κ3) is 5.02. The molecule has 5 heteroatoms. The van der Waals surface area contributed by atoms with Crippen LogP contribution in [0.15, 0.2) is 72.8 Å². The number of allylic oxidation sites excluding steroid dienone is 2. The SMILES string of the molecule is C/C=C/CCc1ccc(-c2cc(F)c(C#Cc3ccc4cc(F)c(F)cc4c3)c(F)c2)c(F)c1. The first-order chi connectivity index (χ1) is 16.4. The van der Waals surface area contributed by atoms with Crippen LogP contribution >= 0.6 is 0 Å². The van der Waals surface area contributed by atoms with Gasteiger partial charge in [0.25, 0.3) is 0 Å². The molecule has 0 unspecified atom stereocenters. The Morgan fingerprint density at radius 2 is 1.38 bits per heavy atom. The van der Waals surface area contributed by atoms with E-state index in [0.29, 0.717) is 22.8 Å². The van der Waals surface area contributed by atoms with Gasteiger partial charge in [0.15, 0.2) is 11.6 Å². The lowest BCUT2D eigenvalue weighted by atomic mass is 9.99. The van der Waals surface area contributed by atoms with E-state index in [9.17, 15) is 22.0 Å². The highest BCUT2D eigenvalue weighted by molar-refractivity contribution is 5.84. The number of hydrogen-bond acceptors (Lipinski definition) is 0. The molecule has 0 bridgehead atoms. The largest absolute Gasteiger partial charge is 0.206 e. The van der Waals surface area contributed by atoms with E-state index >= 15 is 0 Å². The zero-order valence-corrected chi connectivity index (χ0v) is 18.2. The van der Waals surface area contributed by atoms with Crippen LogP contribution in [0.25, 0.3) is 21.9 Å². The van der Waals surface area contributed by atoms with Crippen LogP contribution in [0.1, 0.15) is 30.0 Å². The van der Waals surface area contributed by atoms with Crippen LogP contribution in [-0.4, -0.2) is 0 Å². The van der Waals surface area contributed by atoms with Gasteiger partial charge in [-0.2, -0.15) is 0 Å². The van der Waals surface area contributed by atoms with Gasteiger partial charge in [0.05, 0.1) is 5.56 Å². The van der Waals surface area contributed by atoms with Crippen molar-refractivity contribution in [2.45, 2.75) is 19.8 Å². The molecule has 0 aliphatic heterocycles. The summed E-state index contributed by atoms with van der Waals surface area (Å²) < 4.78 is 70.9. The fraction of sp³-hybridized carbons (Fsp3) is 0.103. The molecule has 0 saturated carbocycles. The van der Waals surface area contributed by atoms with E-state index < -0.39 is 34.6 Å². The molecule has 0 amide bonds. The van der Waals surface area contributed by atoms with E-state index in [4.69, 9.17) is 0 Å². The van der Waals surface area contributed by atoms with Crippen molar-refractivity contribution >= 4 is 10.8 Å². The predicted molar refractivity (Wildman–Crippen MR) is 125 cm³/mol. The van der Waals surface area contributed by atoms with Gasteiger partial charge in [0.2, 0.25) is 0 Å². The summed E-state index contributed by atoms with van der Waals surface area (Å²) in [7, 11) is 0. The average molecular weight is 462 g/mol. The molecule has 0 N–H and O–H groups in total. The minimum atomic E-state index is -0.997. The van der Waals surface area contributed by atoms with Crippen molar-refractivity contribution in [2.75, 3.05) is 0 Å². The van der Waals surface area contributed by atoms with E-state index in [1.807, 2.05) is 19.1 Å². The van der Waals surface area contributed by atoms with Crippen LogP contribution in [0.2, 0.25) is 0 Å². The minimum Gasteiger partial charge on any atom is -0.206 e. The van der Waals surface area contributed by atoms with Gasteiger partial charge in [0.1, 0.15) is 17.5 Å². The number of fused-ring (bicyclic) bond motifs is 1. The van der Waals surface area contributed by atoms with Crippen LogP contribution in [0.4, 0.5) is 22.0 Å². The van der Waals surface area contributed by atoms with E-state index in [0.717, 1.165) is 36.2 Å². The molecule has 0 atom stereocenters. The van der Waals surface area contributed by atoms with Gasteiger partial charge in [-0.15, -0.1) is 0 Å². The van der Waals surface area contributed by atoms with Gasteiger partial charge in [-0.3, -0.25) is 0 Å². The highest BCUT2D eigenvalue weighted by Gasteiger charge is 2.14. The number of aryl methyl sites for hydroxylation is 1. The van der Waals surface area contributed by atoms with Crippen molar-refractivity contribution in [3.8, 4) is 23.0 Å². The van der Waals surface area contributed by atoms with Crippen LogP contribution in [0.5, 0.6) is 0 Å². The number of hydrogen-bond donors (Lipinski definition) is 0. The first-order valence-corrected chi connectivity index (χ1v) is 10.7. The number of halogens is 5. The summed E-state index contributed by atoms with van der Waals surface area (Å²) in [5.74, 6) is 0.731. The Kier molecular flexibility index (Phi) is 6.79. The zero-order valence-electron chi connectivity index (χ0n) is 18.2. The van der Waals surface area contributed by atoms with E-state index in [1.165, 1.54) is 18.2 Å². The summed E-state index contributed by atoms with van der Waals surface area (Å²) in [6.07, 6.45) is 5.33. The molecule has 0 nitrogen and oxygen atoms in total. The van der Waals surface area contributed by atoms with Crippen molar-refractivity contribution < 1.29 is 22.0 Å². The van der Waals surface area contributed by atoms with E-state index in [-0.39, 0.29) is 11.1 Å². The monoisotopic (exact) mass is 462 g/mol. The third-order valence-corrected chi connectivity index (χ3v) is 5.43. The molecule has 0 fully saturated rings. The Morgan fingerprint density at radius 1 is 0.676 bits per heavy atom. The van der Waals surface area contributed by atoms with Gasteiger partial charge in [-0.05, 0) is 84.1 Å². The molecule has 0 spiro atoms.